The van der Waals surface area contributed by atoms with Gasteiger partial charge in [0.2, 0.25) is 0 Å². The van der Waals surface area contributed by atoms with E-state index in [4.69, 9.17) is 21.1 Å². The SMILES string of the molecule is COc1ccc(Cl)cc1CN(C)C(=O)C(C)Oc1ccc(C)cc1. The first kappa shape index (κ1) is 18.1. The Morgan fingerprint density at radius 1 is 1.21 bits per heavy atom. The number of halogens is 1. The van der Waals surface area contributed by atoms with Gasteiger partial charge in [-0.05, 0) is 44.2 Å². The minimum atomic E-state index is -0.581. The Hall–Kier alpha value is -2.20. The van der Waals surface area contributed by atoms with Crippen molar-refractivity contribution in [1.29, 1.82) is 0 Å². The van der Waals surface area contributed by atoms with Crippen molar-refractivity contribution < 1.29 is 14.3 Å². The fourth-order valence-corrected chi connectivity index (χ4v) is 2.58. The number of methoxy groups -OCH3 is 1. The second-order valence-electron chi connectivity index (χ2n) is 5.72. The number of likely N-dealkylation sites (N-methyl/N-ethyl adjacent to an activating group) is 1. The number of carbonyl (C=O) groups excluding carboxylic acids is 1. The summed E-state index contributed by atoms with van der Waals surface area (Å²) in [6.07, 6.45) is -0.581. The van der Waals surface area contributed by atoms with Crippen molar-refractivity contribution in [3.8, 4) is 11.5 Å². The molecule has 24 heavy (non-hydrogen) atoms. The molecular formula is C19H22ClNO3. The lowest BCUT2D eigenvalue weighted by atomic mass is 10.2. The van der Waals surface area contributed by atoms with E-state index >= 15 is 0 Å². The third kappa shape index (κ3) is 4.65. The number of benzene rings is 2. The molecule has 0 fully saturated rings. The normalized spacial score (nSPS) is 11.7. The quantitative estimate of drug-likeness (QED) is 0.790. The third-order valence-electron chi connectivity index (χ3n) is 3.71. The topological polar surface area (TPSA) is 38.8 Å². The molecule has 2 aromatic carbocycles. The second-order valence-corrected chi connectivity index (χ2v) is 6.16. The third-order valence-corrected chi connectivity index (χ3v) is 3.94. The van der Waals surface area contributed by atoms with Gasteiger partial charge in [0.05, 0.1) is 7.11 Å². The van der Waals surface area contributed by atoms with Gasteiger partial charge in [-0.25, -0.2) is 0 Å². The Bertz CT molecular complexity index is 700. The van der Waals surface area contributed by atoms with E-state index in [1.54, 1.807) is 44.2 Å². The van der Waals surface area contributed by atoms with E-state index in [0.29, 0.717) is 23.1 Å². The molecule has 1 unspecified atom stereocenters. The molecule has 1 atom stereocenters. The van der Waals surface area contributed by atoms with E-state index in [9.17, 15) is 4.79 Å². The molecule has 128 valence electrons. The van der Waals surface area contributed by atoms with Crippen LogP contribution in [-0.4, -0.2) is 31.1 Å². The van der Waals surface area contributed by atoms with Crippen LogP contribution in [0.5, 0.6) is 11.5 Å². The number of aryl methyl sites for hydroxylation is 1. The van der Waals surface area contributed by atoms with Gasteiger partial charge < -0.3 is 14.4 Å². The monoisotopic (exact) mass is 347 g/mol. The lowest BCUT2D eigenvalue weighted by Gasteiger charge is -2.23. The van der Waals surface area contributed by atoms with Gasteiger partial charge in [-0.2, -0.15) is 0 Å². The highest BCUT2D eigenvalue weighted by Gasteiger charge is 2.20. The van der Waals surface area contributed by atoms with Crippen molar-refractivity contribution in [1.82, 2.24) is 4.90 Å². The van der Waals surface area contributed by atoms with Crippen molar-refractivity contribution >= 4 is 17.5 Å². The Balaban J connectivity index is 2.03. The lowest BCUT2D eigenvalue weighted by Crippen LogP contribution is -2.37. The smallest absolute Gasteiger partial charge is 0.263 e. The molecule has 0 heterocycles. The average Bonchev–Trinajstić information content (AvgIpc) is 2.56. The maximum Gasteiger partial charge on any atom is 0.263 e. The standard InChI is InChI=1S/C19H22ClNO3/c1-13-5-8-17(9-6-13)24-14(2)19(22)21(3)12-15-11-16(20)7-10-18(15)23-4/h5-11,14H,12H2,1-4H3. The highest BCUT2D eigenvalue weighted by Crippen LogP contribution is 2.24. The number of amides is 1. The van der Waals surface area contributed by atoms with Crippen LogP contribution in [0.2, 0.25) is 5.02 Å². The predicted octanol–water partition coefficient (Wildman–Crippen LogP) is 4.08. The largest absolute Gasteiger partial charge is 0.496 e. The van der Waals surface area contributed by atoms with Crippen LogP contribution in [0.3, 0.4) is 0 Å². The molecule has 0 N–H and O–H groups in total. The Morgan fingerprint density at radius 3 is 2.50 bits per heavy atom. The fourth-order valence-electron chi connectivity index (χ4n) is 2.39. The first-order chi connectivity index (χ1) is 11.4. The van der Waals surface area contributed by atoms with E-state index in [2.05, 4.69) is 0 Å². The molecule has 0 aliphatic rings. The minimum absolute atomic E-state index is 0.113. The molecule has 0 aromatic heterocycles. The van der Waals surface area contributed by atoms with Gasteiger partial charge in [-0.1, -0.05) is 29.3 Å². The Kier molecular flexibility index (Phi) is 6.10. The van der Waals surface area contributed by atoms with Crippen LogP contribution < -0.4 is 9.47 Å². The first-order valence-electron chi connectivity index (χ1n) is 7.71. The fraction of sp³-hybridized carbons (Fsp3) is 0.316. The van der Waals surface area contributed by atoms with Crippen LogP contribution in [0.4, 0.5) is 0 Å². The Labute approximate surface area is 147 Å². The van der Waals surface area contributed by atoms with Gasteiger partial charge in [0.25, 0.3) is 5.91 Å². The van der Waals surface area contributed by atoms with Gasteiger partial charge in [0, 0.05) is 24.2 Å². The van der Waals surface area contributed by atoms with Crippen molar-refractivity contribution in [2.75, 3.05) is 14.2 Å². The second kappa shape index (κ2) is 8.06. The van der Waals surface area contributed by atoms with Crippen LogP contribution in [0.25, 0.3) is 0 Å². The molecule has 0 aliphatic heterocycles. The molecule has 0 bridgehead atoms. The number of nitrogens with zero attached hydrogens (tertiary/aromatic N) is 1. The molecule has 0 spiro atoms. The summed E-state index contributed by atoms with van der Waals surface area (Å²) >= 11 is 6.04. The minimum Gasteiger partial charge on any atom is -0.496 e. The molecule has 2 aromatic rings. The molecule has 1 amide bonds. The zero-order valence-corrected chi connectivity index (χ0v) is 15.1. The maximum absolute atomic E-state index is 12.5. The summed E-state index contributed by atoms with van der Waals surface area (Å²) in [7, 11) is 3.33. The molecule has 2 rings (SSSR count). The van der Waals surface area contributed by atoms with E-state index in [1.165, 1.54) is 0 Å². The summed E-state index contributed by atoms with van der Waals surface area (Å²) < 4.78 is 11.0. The van der Waals surface area contributed by atoms with Crippen LogP contribution in [0.15, 0.2) is 42.5 Å². The van der Waals surface area contributed by atoms with Gasteiger partial charge in [-0.3, -0.25) is 4.79 Å². The summed E-state index contributed by atoms with van der Waals surface area (Å²) in [5.74, 6) is 1.26. The Morgan fingerprint density at radius 2 is 1.88 bits per heavy atom. The van der Waals surface area contributed by atoms with Gasteiger partial charge >= 0.3 is 0 Å². The summed E-state index contributed by atoms with van der Waals surface area (Å²) in [5, 5.41) is 0.607. The van der Waals surface area contributed by atoms with Crippen molar-refractivity contribution in [2.45, 2.75) is 26.5 Å². The maximum atomic E-state index is 12.5. The molecule has 0 saturated carbocycles. The first-order valence-corrected chi connectivity index (χ1v) is 8.09. The molecule has 4 nitrogen and oxygen atoms in total. The van der Waals surface area contributed by atoms with Crippen molar-refractivity contribution in [2.24, 2.45) is 0 Å². The summed E-state index contributed by atoms with van der Waals surface area (Å²) in [4.78, 5) is 14.1. The zero-order valence-electron chi connectivity index (χ0n) is 14.4. The van der Waals surface area contributed by atoms with E-state index in [0.717, 1.165) is 11.1 Å². The van der Waals surface area contributed by atoms with Crippen LogP contribution in [0, 0.1) is 6.92 Å². The van der Waals surface area contributed by atoms with Gasteiger partial charge in [0.1, 0.15) is 11.5 Å². The van der Waals surface area contributed by atoms with E-state index < -0.39 is 6.10 Å². The molecule has 0 radical (unpaired) electrons. The molecular weight excluding hydrogens is 326 g/mol. The van der Waals surface area contributed by atoms with Crippen LogP contribution in [0.1, 0.15) is 18.1 Å². The highest BCUT2D eigenvalue weighted by molar-refractivity contribution is 6.30. The summed E-state index contributed by atoms with van der Waals surface area (Å²) in [6, 6.07) is 13.0. The summed E-state index contributed by atoms with van der Waals surface area (Å²) in [6.45, 7) is 4.14. The number of rotatable bonds is 6. The average molecular weight is 348 g/mol. The number of hydrogen-bond donors (Lipinski definition) is 0. The number of carbonyl (C=O) groups is 1. The van der Waals surface area contributed by atoms with Gasteiger partial charge in [-0.15, -0.1) is 0 Å². The number of ether oxygens (including phenoxy) is 2. The van der Waals surface area contributed by atoms with Crippen LogP contribution in [-0.2, 0) is 11.3 Å². The van der Waals surface area contributed by atoms with Crippen molar-refractivity contribution in [3.05, 3.63) is 58.6 Å². The zero-order chi connectivity index (χ0) is 17.7. The molecule has 0 saturated heterocycles. The molecule has 0 aliphatic carbocycles. The molecule has 5 heteroatoms. The van der Waals surface area contributed by atoms with E-state index in [1.807, 2.05) is 31.2 Å². The van der Waals surface area contributed by atoms with Crippen LogP contribution >= 0.6 is 11.6 Å². The van der Waals surface area contributed by atoms with E-state index in [-0.39, 0.29) is 5.91 Å². The highest BCUT2D eigenvalue weighted by atomic mass is 35.5. The predicted molar refractivity (Wildman–Crippen MR) is 95.7 cm³/mol. The van der Waals surface area contributed by atoms with Crippen molar-refractivity contribution in [3.63, 3.8) is 0 Å². The summed E-state index contributed by atoms with van der Waals surface area (Å²) in [5.41, 5.74) is 2.00. The number of hydrogen-bond acceptors (Lipinski definition) is 3. The lowest BCUT2D eigenvalue weighted by molar-refractivity contribution is -0.137. The van der Waals surface area contributed by atoms with Gasteiger partial charge in [0.15, 0.2) is 6.10 Å².